The maximum Gasteiger partial charge on any atom is 0.211 e. The Bertz CT molecular complexity index is 501. The van der Waals surface area contributed by atoms with E-state index in [1.54, 1.807) is 0 Å². The molecule has 0 atom stereocenters. The van der Waals surface area contributed by atoms with E-state index < -0.39 is 10.0 Å². The Labute approximate surface area is 122 Å². The SMILES string of the molecule is Cc1cccc(CNS(=O)(=O)CCCCNC(C)C)n1. The van der Waals surface area contributed by atoms with Gasteiger partial charge in [0, 0.05) is 11.7 Å². The fourth-order valence-electron chi connectivity index (χ4n) is 1.76. The largest absolute Gasteiger partial charge is 0.315 e. The van der Waals surface area contributed by atoms with Crippen molar-refractivity contribution in [2.24, 2.45) is 0 Å². The highest BCUT2D eigenvalue weighted by atomic mass is 32.2. The minimum Gasteiger partial charge on any atom is -0.315 e. The molecule has 1 aromatic heterocycles. The molecule has 1 rings (SSSR count). The van der Waals surface area contributed by atoms with Gasteiger partial charge in [0.2, 0.25) is 10.0 Å². The van der Waals surface area contributed by atoms with Gasteiger partial charge >= 0.3 is 0 Å². The topological polar surface area (TPSA) is 71.1 Å². The zero-order valence-corrected chi connectivity index (χ0v) is 13.3. The first-order chi connectivity index (χ1) is 9.39. The minimum atomic E-state index is -3.21. The summed E-state index contributed by atoms with van der Waals surface area (Å²) < 4.78 is 26.2. The lowest BCUT2D eigenvalue weighted by Gasteiger charge is -2.09. The highest BCUT2D eigenvalue weighted by Gasteiger charge is 2.09. The molecule has 0 radical (unpaired) electrons. The van der Waals surface area contributed by atoms with Crippen molar-refractivity contribution < 1.29 is 8.42 Å². The monoisotopic (exact) mass is 299 g/mol. The Kier molecular flexibility index (Phi) is 7.12. The summed E-state index contributed by atoms with van der Waals surface area (Å²) >= 11 is 0. The second kappa shape index (κ2) is 8.34. The zero-order chi connectivity index (χ0) is 15.0. The number of rotatable bonds is 9. The van der Waals surface area contributed by atoms with Crippen LogP contribution in [0.5, 0.6) is 0 Å². The lowest BCUT2D eigenvalue weighted by molar-refractivity contribution is 0.555. The van der Waals surface area contributed by atoms with Crippen molar-refractivity contribution in [1.82, 2.24) is 15.0 Å². The van der Waals surface area contributed by atoms with E-state index in [-0.39, 0.29) is 12.3 Å². The molecule has 0 spiro atoms. The molecular weight excluding hydrogens is 274 g/mol. The van der Waals surface area contributed by atoms with Gasteiger partial charge in [-0.2, -0.15) is 0 Å². The Balaban J connectivity index is 2.28. The van der Waals surface area contributed by atoms with E-state index >= 15 is 0 Å². The third kappa shape index (κ3) is 7.57. The summed E-state index contributed by atoms with van der Waals surface area (Å²) in [6.07, 6.45) is 1.53. The molecule has 0 bridgehead atoms. The summed E-state index contributed by atoms with van der Waals surface area (Å²) in [6, 6.07) is 6.03. The summed E-state index contributed by atoms with van der Waals surface area (Å²) in [6.45, 7) is 7.15. The van der Waals surface area contributed by atoms with Gasteiger partial charge in [0.15, 0.2) is 0 Å². The van der Waals surface area contributed by atoms with Gasteiger partial charge in [-0.3, -0.25) is 4.98 Å². The van der Waals surface area contributed by atoms with Crippen LogP contribution in [0.1, 0.15) is 38.1 Å². The van der Waals surface area contributed by atoms with Crippen molar-refractivity contribution in [2.75, 3.05) is 12.3 Å². The summed E-state index contributed by atoms with van der Waals surface area (Å²) in [5.41, 5.74) is 1.64. The third-order valence-electron chi connectivity index (χ3n) is 2.81. The first kappa shape index (κ1) is 17.1. The van der Waals surface area contributed by atoms with Crippen molar-refractivity contribution >= 4 is 10.0 Å². The van der Waals surface area contributed by atoms with Crippen LogP contribution < -0.4 is 10.0 Å². The summed E-state index contributed by atoms with van der Waals surface area (Å²) in [5.74, 6) is 0.165. The van der Waals surface area contributed by atoms with Crippen LogP contribution in [-0.4, -0.2) is 31.7 Å². The Morgan fingerprint density at radius 3 is 2.65 bits per heavy atom. The van der Waals surface area contributed by atoms with Crippen molar-refractivity contribution in [1.29, 1.82) is 0 Å². The standard InChI is InChI=1S/C14H25N3O2S/c1-12(2)15-9-4-5-10-20(18,19)16-11-14-8-6-7-13(3)17-14/h6-8,12,15-16H,4-5,9-11H2,1-3H3. The van der Waals surface area contributed by atoms with Gasteiger partial charge in [-0.15, -0.1) is 0 Å². The van der Waals surface area contributed by atoms with Crippen molar-refractivity contribution in [2.45, 2.75) is 46.2 Å². The van der Waals surface area contributed by atoms with Gasteiger partial charge in [-0.1, -0.05) is 19.9 Å². The molecular formula is C14H25N3O2S. The average Bonchev–Trinajstić information content (AvgIpc) is 2.36. The number of hydrogen-bond acceptors (Lipinski definition) is 4. The molecule has 1 heterocycles. The van der Waals surface area contributed by atoms with Gasteiger partial charge in [0.1, 0.15) is 0 Å². The number of aromatic nitrogens is 1. The van der Waals surface area contributed by atoms with E-state index in [4.69, 9.17) is 0 Å². The van der Waals surface area contributed by atoms with E-state index in [1.165, 1.54) is 0 Å². The number of hydrogen-bond donors (Lipinski definition) is 2. The number of pyridine rings is 1. The lowest BCUT2D eigenvalue weighted by atomic mass is 10.3. The summed E-state index contributed by atoms with van der Waals surface area (Å²) in [4.78, 5) is 4.27. The molecule has 0 aliphatic heterocycles. The van der Waals surface area contributed by atoms with E-state index in [1.807, 2.05) is 25.1 Å². The predicted octanol–water partition coefficient (Wildman–Crippen LogP) is 1.59. The zero-order valence-electron chi connectivity index (χ0n) is 12.5. The molecule has 0 aromatic carbocycles. The molecule has 0 amide bonds. The van der Waals surface area contributed by atoms with Crippen LogP contribution in [0.3, 0.4) is 0 Å². The molecule has 0 saturated heterocycles. The maximum atomic E-state index is 11.8. The third-order valence-corrected chi connectivity index (χ3v) is 4.22. The van der Waals surface area contributed by atoms with E-state index in [9.17, 15) is 8.42 Å². The Morgan fingerprint density at radius 2 is 2.00 bits per heavy atom. The van der Waals surface area contributed by atoms with Crippen molar-refractivity contribution in [3.05, 3.63) is 29.6 Å². The van der Waals surface area contributed by atoms with Crippen LogP contribution >= 0.6 is 0 Å². The molecule has 0 aliphatic carbocycles. The fourth-order valence-corrected chi connectivity index (χ4v) is 2.86. The first-order valence-corrected chi connectivity index (χ1v) is 8.67. The number of nitrogens with zero attached hydrogens (tertiary/aromatic N) is 1. The molecule has 2 N–H and O–H groups in total. The Morgan fingerprint density at radius 1 is 1.25 bits per heavy atom. The van der Waals surface area contributed by atoms with E-state index in [0.29, 0.717) is 12.5 Å². The smallest absolute Gasteiger partial charge is 0.211 e. The quantitative estimate of drug-likeness (QED) is 0.679. The Hall–Kier alpha value is -0.980. The molecule has 6 heteroatoms. The van der Waals surface area contributed by atoms with Gasteiger partial charge in [0.05, 0.1) is 18.0 Å². The van der Waals surface area contributed by atoms with Crippen LogP contribution in [-0.2, 0) is 16.6 Å². The van der Waals surface area contributed by atoms with Gasteiger partial charge in [-0.05, 0) is 38.4 Å². The molecule has 0 fully saturated rings. The maximum absolute atomic E-state index is 11.8. The molecule has 20 heavy (non-hydrogen) atoms. The number of nitrogens with one attached hydrogen (secondary N) is 2. The molecule has 0 aliphatic rings. The van der Waals surface area contributed by atoms with Gasteiger partial charge in [0.25, 0.3) is 0 Å². The van der Waals surface area contributed by atoms with Gasteiger partial charge < -0.3 is 5.32 Å². The van der Waals surface area contributed by atoms with Crippen LogP contribution in [0.25, 0.3) is 0 Å². The van der Waals surface area contributed by atoms with Gasteiger partial charge in [-0.25, -0.2) is 13.1 Å². The van der Waals surface area contributed by atoms with Crippen LogP contribution in [0.4, 0.5) is 0 Å². The molecule has 0 unspecified atom stereocenters. The number of sulfonamides is 1. The van der Waals surface area contributed by atoms with Crippen LogP contribution in [0, 0.1) is 6.92 Å². The normalized spacial score (nSPS) is 12.0. The summed E-state index contributed by atoms with van der Waals surface area (Å²) in [7, 11) is -3.21. The van der Waals surface area contributed by atoms with Crippen molar-refractivity contribution in [3.8, 4) is 0 Å². The fraction of sp³-hybridized carbons (Fsp3) is 0.643. The summed E-state index contributed by atoms with van der Waals surface area (Å²) in [5, 5.41) is 3.27. The predicted molar refractivity (Wildman–Crippen MR) is 82.0 cm³/mol. The first-order valence-electron chi connectivity index (χ1n) is 7.02. The van der Waals surface area contributed by atoms with E-state index in [2.05, 4.69) is 28.9 Å². The average molecular weight is 299 g/mol. The highest BCUT2D eigenvalue weighted by molar-refractivity contribution is 7.89. The molecule has 1 aromatic rings. The number of unbranched alkanes of at least 4 members (excludes halogenated alkanes) is 1. The van der Waals surface area contributed by atoms with Crippen LogP contribution in [0.15, 0.2) is 18.2 Å². The lowest BCUT2D eigenvalue weighted by Crippen LogP contribution is -2.28. The van der Waals surface area contributed by atoms with E-state index in [0.717, 1.165) is 24.4 Å². The van der Waals surface area contributed by atoms with Crippen molar-refractivity contribution in [3.63, 3.8) is 0 Å². The molecule has 5 nitrogen and oxygen atoms in total. The second-order valence-corrected chi connectivity index (χ2v) is 7.15. The minimum absolute atomic E-state index is 0.165. The molecule has 114 valence electrons. The van der Waals surface area contributed by atoms with Crippen LogP contribution in [0.2, 0.25) is 0 Å². The second-order valence-electron chi connectivity index (χ2n) is 5.23. The molecule has 0 saturated carbocycles. The highest BCUT2D eigenvalue weighted by Crippen LogP contribution is 2.00. The number of aryl methyl sites for hydroxylation is 1.